The minimum absolute atomic E-state index is 0.810. The zero-order valence-electron chi connectivity index (χ0n) is 5.85. The van der Waals surface area contributed by atoms with E-state index in [4.69, 9.17) is 0 Å². The molecule has 6 nitrogen and oxygen atoms in total. The molecule has 0 aliphatic carbocycles. The molecule has 0 aromatic heterocycles. The number of hydrogen-bond acceptors (Lipinski definition) is 6. The van der Waals surface area contributed by atoms with E-state index >= 15 is 0 Å². The number of carbonyl (C=O) groups excluding carboxylic acids is 1. The van der Waals surface area contributed by atoms with Crippen LogP contribution in [0.25, 0.3) is 0 Å². The zero-order valence-corrected chi connectivity index (χ0v) is 6.74. The molecule has 0 bridgehead atoms. The normalized spacial score (nSPS) is 15.1. The Morgan fingerprint density at radius 2 is 2.27 bits per heavy atom. The molecule has 0 saturated carbocycles. The zero-order chi connectivity index (χ0) is 8.91. The summed E-state index contributed by atoms with van der Waals surface area (Å²) in [5.74, 6) is 3.59. The summed E-state index contributed by atoms with van der Waals surface area (Å²) in [7, 11) is -2.87. The Morgan fingerprint density at radius 1 is 1.73 bits per heavy atom. The van der Waals surface area contributed by atoms with Crippen LogP contribution in [0.4, 0.5) is 0 Å². The molecule has 64 valence electrons. The first-order valence-corrected chi connectivity index (χ1v) is 3.94. The van der Waals surface area contributed by atoms with E-state index in [9.17, 15) is 9.36 Å². The highest BCUT2D eigenvalue weighted by atomic mass is 31.2. The van der Waals surface area contributed by atoms with Gasteiger partial charge in [0.25, 0.3) is 0 Å². The van der Waals surface area contributed by atoms with Gasteiger partial charge >= 0.3 is 13.8 Å². The van der Waals surface area contributed by atoms with E-state index in [-0.39, 0.29) is 0 Å². The van der Waals surface area contributed by atoms with Crippen molar-refractivity contribution in [3.63, 3.8) is 0 Å². The molecule has 2 N–H and O–H groups in total. The summed E-state index contributed by atoms with van der Waals surface area (Å²) in [6.45, 7) is 3.07. The Kier molecular flexibility index (Phi) is 3.99. The molecule has 1 atom stereocenters. The van der Waals surface area contributed by atoms with Crippen LogP contribution in [0, 0.1) is 0 Å². The van der Waals surface area contributed by atoms with Crippen molar-refractivity contribution in [2.24, 2.45) is 5.90 Å². The van der Waals surface area contributed by atoms with Gasteiger partial charge in [-0.25, -0.2) is 15.3 Å². The number of rotatable bonds is 4. The molecular weight excluding hydrogens is 173 g/mol. The Morgan fingerprint density at radius 3 is 2.55 bits per heavy atom. The third-order valence-corrected chi connectivity index (χ3v) is 1.83. The molecule has 0 fully saturated rings. The maximum absolute atomic E-state index is 10.9. The van der Waals surface area contributed by atoms with Crippen LogP contribution in [0.5, 0.6) is 0 Å². The molecule has 0 aliphatic rings. The number of carbonyl (C=O) groups is 1. The van der Waals surface area contributed by atoms with Crippen LogP contribution in [0.1, 0.15) is 0 Å². The summed E-state index contributed by atoms with van der Waals surface area (Å²) < 4.78 is 23.0. The van der Waals surface area contributed by atoms with Crippen molar-refractivity contribution in [2.75, 3.05) is 7.11 Å². The molecule has 0 aromatic carbocycles. The lowest BCUT2D eigenvalue weighted by atomic mass is 10.7. The largest absolute Gasteiger partial charge is 0.548 e. The molecule has 0 aromatic rings. The topological polar surface area (TPSA) is 87.9 Å². The molecule has 11 heavy (non-hydrogen) atoms. The maximum atomic E-state index is 10.9. The highest BCUT2D eigenvalue weighted by Crippen LogP contribution is 2.46. The van der Waals surface area contributed by atoms with E-state index < -0.39 is 13.8 Å². The van der Waals surface area contributed by atoms with Gasteiger partial charge in [0.15, 0.2) is 0 Å². The SMILES string of the molecule is C=CC(=O)OP(=O)(OC)ON. The summed E-state index contributed by atoms with van der Waals surface area (Å²) in [4.78, 5) is 10.4. The fourth-order valence-corrected chi connectivity index (χ4v) is 0.748. The fraction of sp³-hybridized carbons (Fsp3) is 0.250. The van der Waals surface area contributed by atoms with Crippen molar-refractivity contribution < 1.29 is 23.0 Å². The van der Waals surface area contributed by atoms with Crippen molar-refractivity contribution in [1.82, 2.24) is 0 Å². The lowest BCUT2D eigenvalue weighted by Crippen LogP contribution is -2.06. The second-order valence-electron chi connectivity index (χ2n) is 1.35. The van der Waals surface area contributed by atoms with Gasteiger partial charge < -0.3 is 4.52 Å². The van der Waals surface area contributed by atoms with Crippen molar-refractivity contribution in [2.45, 2.75) is 0 Å². The van der Waals surface area contributed by atoms with Crippen LogP contribution in [0.2, 0.25) is 0 Å². The van der Waals surface area contributed by atoms with E-state index in [0.717, 1.165) is 13.2 Å². The predicted molar refractivity (Wildman–Crippen MR) is 36.2 cm³/mol. The third-order valence-electron chi connectivity index (χ3n) is 0.721. The van der Waals surface area contributed by atoms with E-state index in [1.54, 1.807) is 0 Å². The number of phosphoric ester groups is 1. The third kappa shape index (κ3) is 3.29. The molecule has 0 aliphatic heterocycles. The van der Waals surface area contributed by atoms with Crippen molar-refractivity contribution in [3.8, 4) is 0 Å². The number of nitrogens with two attached hydrogens (primary N) is 1. The van der Waals surface area contributed by atoms with Gasteiger partial charge in [-0.3, -0.25) is 4.52 Å². The second kappa shape index (κ2) is 4.25. The van der Waals surface area contributed by atoms with Gasteiger partial charge in [0.1, 0.15) is 0 Å². The summed E-state index contributed by atoms with van der Waals surface area (Å²) in [5.41, 5.74) is 0. The van der Waals surface area contributed by atoms with Gasteiger partial charge in [-0.15, -0.1) is 0 Å². The molecule has 0 rings (SSSR count). The van der Waals surface area contributed by atoms with Crippen LogP contribution in [0.3, 0.4) is 0 Å². The second-order valence-corrected chi connectivity index (χ2v) is 3.00. The first kappa shape index (κ1) is 10.3. The monoisotopic (exact) mass is 181 g/mol. The lowest BCUT2D eigenvalue weighted by Gasteiger charge is -2.09. The van der Waals surface area contributed by atoms with Crippen LogP contribution in [-0.2, 0) is 23.0 Å². The molecule has 0 radical (unpaired) electrons. The summed E-state index contributed by atoms with van der Waals surface area (Å²) in [6, 6.07) is 0. The standard InChI is InChI=1S/C4H8NO5P/c1-3-4(6)9-11(7,8-2)10-5/h3H,1,5H2,2H3. The number of phosphoric acid groups is 1. The van der Waals surface area contributed by atoms with E-state index in [0.29, 0.717) is 0 Å². The Hall–Kier alpha value is -0.680. The molecule has 0 spiro atoms. The first-order chi connectivity index (χ1) is 5.08. The molecule has 0 saturated heterocycles. The summed E-state index contributed by atoms with van der Waals surface area (Å²) >= 11 is 0. The Balaban J connectivity index is 4.19. The van der Waals surface area contributed by atoms with Crippen LogP contribution in [0.15, 0.2) is 12.7 Å². The van der Waals surface area contributed by atoms with Gasteiger partial charge in [-0.05, 0) is 0 Å². The van der Waals surface area contributed by atoms with Gasteiger partial charge in [-0.1, -0.05) is 6.58 Å². The Bertz CT molecular complexity index is 195. The fourth-order valence-electron chi connectivity index (χ4n) is 0.249. The maximum Gasteiger partial charge on any atom is 0.548 e. The van der Waals surface area contributed by atoms with Crippen molar-refractivity contribution in [3.05, 3.63) is 12.7 Å². The average molecular weight is 181 g/mol. The summed E-state index contributed by atoms with van der Waals surface area (Å²) in [6.07, 6.45) is 0.810. The van der Waals surface area contributed by atoms with Crippen molar-refractivity contribution >= 4 is 13.8 Å². The molecule has 1 unspecified atom stereocenters. The van der Waals surface area contributed by atoms with Gasteiger partial charge in [0.05, 0.1) is 0 Å². The molecular formula is C4H8NO5P. The lowest BCUT2D eigenvalue weighted by molar-refractivity contribution is -0.130. The quantitative estimate of drug-likeness (QED) is 0.382. The Labute approximate surface area is 63.5 Å². The minimum Gasteiger partial charge on any atom is -0.366 e. The van der Waals surface area contributed by atoms with Gasteiger partial charge in [0, 0.05) is 13.2 Å². The van der Waals surface area contributed by atoms with E-state index in [2.05, 4.69) is 26.1 Å². The minimum atomic E-state index is -3.90. The molecule has 7 heteroatoms. The van der Waals surface area contributed by atoms with Crippen LogP contribution >= 0.6 is 7.82 Å². The smallest absolute Gasteiger partial charge is 0.366 e. The van der Waals surface area contributed by atoms with Crippen LogP contribution < -0.4 is 5.90 Å². The summed E-state index contributed by atoms with van der Waals surface area (Å²) in [5, 5.41) is 0. The highest BCUT2D eigenvalue weighted by molar-refractivity contribution is 7.49. The van der Waals surface area contributed by atoms with E-state index in [1.165, 1.54) is 0 Å². The van der Waals surface area contributed by atoms with Gasteiger partial charge in [-0.2, -0.15) is 4.62 Å². The van der Waals surface area contributed by atoms with Crippen molar-refractivity contribution in [1.29, 1.82) is 0 Å². The number of hydrogen-bond donors (Lipinski definition) is 1. The van der Waals surface area contributed by atoms with Crippen LogP contribution in [-0.4, -0.2) is 13.1 Å². The highest BCUT2D eigenvalue weighted by Gasteiger charge is 2.27. The first-order valence-electron chi connectivity index (χ1n) is 2.48. The molecule has 0 heterocycles. The van der Waals surface area contributed by atoms with Gasteiger partial charge in [0.2, 0.25) is 0 Å². The predicted octanol–water partition coefficient (Wildman–Crippen LogP) is 0.360. The van der Waals surface area contributed by atoms with E-state index in [1.807, 2.05) is 0 Å². The molecule has 0 amide bonds. The average Bonchev–Trinajstić information content (AvgIpc) is 2.04.